The van der Waals surface area contributed by atoms with E-state index in [0.29, 0.717) is 18.7 Å². The molecule has 236 valence electrons. The smallest absolute Gasteiger partial charge is 0.264 e. The summed E-state index contributed by atoms with van der Waals surface area (Å²) in [5, 5.41) is 2.89. The van der Waals surface area contributed by atoms with Gasteiger partial charge in [-0.3, -0.25) is 13.9 Å². The molecule has 0 heterocycles. The number of benzene rings is 4. The molecule has 0 bridgehead atoms. The Morgan fingerprint density at radius 3 is 2.07 bits per heavy atom. The van der Waals surface area contributed by atoms with Crippen molar-refractivity contribution >= 4 is 27.5 Å². The first-order valence-corrected chi connectivity index (χ1v) is 16.5. The van der Waals surface area contributed by atoms with Gasteiger partial charge in [-0.25, -0.2) is 12.8 Å². The maximum absolute atomic E-state index is 15.0. The van der Waals surface area contributed by atoms with Crippen LogP contribution in [0, 0.1) is 26.6 Å². The van der Waals surface area contributed by atoms with Crippen LogP contribution in [0.15, 0.2) is 102 Å². The molecule has 0 aliphatic carbocycles. The molecule has 4 aromatic rings. The molecular weight excluding hydrogens is 589 g/mol. The number of anilines is 1. The zero-order chi connectivity index (χ0) is 32.6. The highest BCUT2D eigenvalue weighted by Gasteiger charge is 2.35. The third-order valence-electron chi connectivity index (χ3n) is 7.50. The molecule has 0 saturated heterocycles. The zero-order valence-corrected chi connectivity index (χ0v) is 27.0. The lowest BCUT2D eigenvalue weighted by atomic mass is 10.0. The molecule has 0 aromatic heterocycles. The Balaban J connectivity index is 1.83. The van der Waals surface area contributed by atoms with Crippen LogP contribution >= 0.6 is 0 Å². The number of nitrogens with one attached hydrogen (secondary N) is 1. The number of halogens is 1. The molecule has 4 aromatic carbocycles. The molecule has 0 radical (unpaired) electrons. The lowest BCUT2D eigenvalue weighted by molar-refractivity contribution is -0.140. The number of hydrogen-bond donors (Lipinski definition) is 1. The molecule has 9 heteroatoms. The van der Waals surface area contributed by atoms with E-state index in [9.17, 15) is 18.0 Å². The second-order valence-electron chi connectivity index (χ2n) is 11.3. The zero-order valence-electron chi connectivity index (χ0n) is 26.2. The van der Waals surface area contributed by atoms with Crippen LogP contribution in [-0.2, 0) is 32.6 Å². The highest BCUT2D eigenvalue weighted by molar-refractivity contribution is 7.92. The van der Waals surface area contributed by atoms with E-state index < -0.39 is 40.2 Å². The number of rotatable bonds is 13. The minimum atomic E-state index is -4.22. The number of hydrogen-bond acceptors (Lipinski definition) is 4. The predicted molar refractivity (Wildman–Crippen MR) is 176 cm³/mol. The first-order valence-electron chi connectivity index (χ1n) is 15.0. The Labute approximate surface area is 265 Å². The Bertz CT molecular complexity index is 1710. The van der Waals surface area contributed by atoms with E-state index in [0.717, 1.165) is 26.6 Å². The van der Waals surface area contributed by atoms with Gasteiger partial charge >= 0.3 is 0 Å². The number of carbonyl (C=O) groups excluding carboxylic acids is 2. The minimum Gasteiger partial charge on any atom is -0.354 e. The van der Waals surface area contributed by atoms with Crippen molar-refractivity contribution in [3.05, 3.63) is 131 Å². The molecule has 1 unspecified atom stereocenters. The lowest BCUT2D eigenvalue weighted by Gasteiger charge is -2.34. The quantitative estimate of drug-likeness (QED) is 0.193. The van der Waals surface area contributed by atoms with Gasteiger partial charge in [0.25, 0.3) is 10.0 Å². The third kappa shape index (κ3) is 8.57. The summed E-state index contributed by atoms with van der Waals surface area (Å²) in [7, 11) is -4.22. The first kappa shape index (κ1) is 33.4. The van der Waals surface area contributed by atoms with Gasteiger partial charge in [-0.15, -0.1) is 0 Å². The van der Waals surface area contributed by atoms with E-state index in [2.05, 4.69) is 5.32 Å². The van der Waals surface area contributed by atoms with Crippen LogP contribution in [0.1, 0.15) is 41.2 Å². The minimum absolute atomic E-state index is 0.0298. The summed E-state index contributed by atoms with van der Waals surface area (Å²) in [6, 6.07) is 26.1. The van der Waals surface area contributed by atoms with Crippen LogP contribution in [0.5, 0.6) is 0 Å². The molecule has 7 nitrogen and oxygen atoms in total. The van der Waals surface area contributed by atoms with Crippen LogP contribution in [0.3, 0.4) is 0 Å². The first-order chi connectivity index (χ1) is 21.5. The molecule has 2 amide bonds. The largest absolute Gasteiger partial charge is 0.354 e. The molecule has 1 atom stereocenters. The van der Waals surface area contributed by atoms with Crippen LogP contribution in [0.4, 0.5) is 10.1 Å². The van der Waals surface area contributed by atoms with Crippen molar-refractivity contribution in [1.29, 1.82) is 0 Å². The summed E-state index contributed by atoms with van der Waals surface area (Å²) >= 11 is 0. The number of sulfonamides is 1. The summed E-state index contributed by atoms with van der Waals surface area (Å²) in [5.41, 5.74) is 3.88. The van der Waals surface area contributed by atoms with Gasteiger partial charge in [0.2, 0.25) is 11.8 Å². The van der Waals surface area contributed by atoms with E-state index in [-0.39, 0.29) is 23.4 Å². The van der Waals surface area contributed by atoms with Crippen LogP contribution < -0.4 is 9.62 Å². The van der Waals surface area contributed by atoms with E-state index in [1.807, 2.05) is 64.1 Å². The SMILES string of the molecule is CCCNC(=O)C(Cc1ccccc1)N(Cc1ccccc1F)C(=O)CN(c1cc(C)cc(C)c1)S(=O)(=O)c1ccc(C)cc1. The van der Waals surface area contributed by atoms with Gasteiger partial charge in [0.1, 0.15) is 18.4 Å². The summed E-state index contributed by atoms with van der Waals surface area (Å²) in [6.07, 6.45) is 0.838. The fraction of sp³-hybridized carbons (Fsp3) is 0.278. The standard InChI is InChI=1S/C36H40FN3O4S/c1-5-19-38-36(42)34(23-29-11-7-6-8-12-29)39(24-30-13-9-10-14-33(30)37)35(41)25-40(31-21-27(3)20-28(4)22-31)45(43,44)32-17-15-26(2)16-18-32/h6-18,20-22,34H,5,19,23-25H2,1-4H3,(H,38,42). The summed E-state index contributed by atoms with van der Waals surface area (Å²) in [6.45, 7) is 7.06. The highest BCUT2D eigenvalue weighted by Crippen LogP contribution is 2.27. The molecule has 0 aliphatic heterocycles. The average Bonchev–Trinajstić information content (AvgIpc) is 3.01. The molecule has 0 fully saturated rings. The van der Waals surface area contributed by atoms with E-state index in [1.165, 1.54) is 23.1 Å². The number of nitrogens with zero attached hydrogens (tertiary/aromatic N) is 2. The van der Waals surface area contributed by atoms with Crippen molar-refractivity contribution in [3.63, 3.8) is 0 Å². The van der Waals surface area contributed by atoms with Gasteiger partial charge < -0.3 is 10.2 Å². The van der Waals surface area contributed by atoms with Crippen molar-refractivity contribution in [1.82, 2.24) is 10.2 Å². The third-order valence-corrected chi connectivity index (χ3v) is 9.29. The fourth-order valence-electron chi connectivity index (χ4n) is 5.19. The van der Waals surface area contributed by atoms with Crippen LogP contribution in [-0.4, -0.2) is 44.3 Å². The number of amides is 2. The van der Waals surface area contributed by atoms with Crippen molar-refractivity contribution in [2.24, 2.45) is 0 Å². The van der Waals surface area contributed by atoms with Gasteiger partial charge in [-0.2, -0.15) is 0 Å². The van der Waals surface area contributed by atoms with E-state index in [1.54, 1.807) is 42.5 Å². The molecule has 0 spiro atoms. The van der Waals surface area contributed by atoms with Gasteiger partial charge in [0.05, 0.1) is 10.6 Å². The number of aryl methyl sites for hydroxylation is 3. The topological polar surface area (TPSA) is 86.8 Å². The van der Waals surface area contributed by atoms with Crippen molar-refractivity contribution in [2.75, 3.05) is 17.4 Å². The van der Waals surface area contributed by atoms with Crippen LogP contribution in [0.2, 0.25) is 0 Å². The molecular formula is C36H40FN3O4S. The maximum Gasteiger partial charge on any atom is 0.264 e. The second kappa shape index (κ2) is 15.0. The Kier molecular flexibility index (Phi) is 11.1. The van der Waals surface area contributed by atoms with E-state index >= 15 is 4.39 Å². The average molecular weight is 630 g/mol. The van der Waals surface area contributed by atoms with E-state index in [4.69, 9.17) is 0 Å². The van der Waals surface area contributed by atoms with Crippen molar-refractivity contribution in [3.8, 4) is 0 Å². The van der Waals surface area contributed by atoms with Crippen molar-refractivity contribution < 1.29 is 22.4 Å². The molecule has 45 heavy (non-hydrogen) atoms. The Morgan fingerprint density at radius 1 is 0.822 bits per heavy atom. The lowest BCUT2D eigenvalue weighted by Crippen LogP contribution is -2.53. The Morgan fingerprint density at radius 2 is 1.44 bits per heavy atom. The molecule has 0 aliphatic rings. The predicted octanol–water partition coefficient (Wildman–Crippen LogP) is 6.11. The van der Waals surface area contributed by atoms with Crippen molar-refractivity contribution in [2.45, 2.75) is 58.0 Å². The normalized spacial score (nSPS) is 11.9. The van der Waals surface area contributed by atoms with Gasteiger partial charge in [0, 0.05) is 25.1 Å². The monoisotopic (exact) mass is 629 g/mol. The maximum atomic E-state index is 15.0. The molecule has 1 N–H and O–H groups in total. The highest BCUT2D eigenvalue weighted by atomic mass is 32.2. The number of carbonyl (C=O) groups is 2. The molecule has 4 rings (SSSR count). The Hall–Kier alpha value is -4.50. The van der Waals surface area contributed by atoms with Gasteiger partial charge in [-0.05, 0) is 74.2 Å². The van der Waals surface area contributed by atoms with Crippen LogP contribution in [0.25, 0.3) is 0 Å². The second-order valence-corrected chi connectivity index (χ2v) is 13.1. The summed E-state index contributed by atoms with van der Waals surface area (Å²) in [4.78, 5) is 29.5. The summed E-state index contributed by atoms with van der Waals surface area (Å²) < 4.78 is 44.5. The van der Waals surface area contributed by atoms with Gasteiger partial charge in [0.15, 0.2) is 0 Å². The summed E-state index contributed by atoms with van der Waals surface area (Å²) in [5.74, 6) is -1.56. The molecule has 0 saturated carbocycles. The fourth-order valence-corrected chi connectivity index (χ4v) is 6.59. The van der Waals surface area contributed by atoms with Gasteiger partial charge in [-0.1, -0.05) is 79.2 Å².